The SMILES string of the molecule is Cc1cc(O)c(C(=O)Nc2nnc[nH]2)c(=O)n1C. The number of nitrogens with one attached hydrogen (secondary N) is 2. The van der Waals surface area contributed by atoms with Crippen LogP contribution in [0.4, 0.5) is 5.95 Å². The maximum atomic E-state index is 11.9. The van der Waals surface area contributed by atoms with Gasteiger partial charge >= 0.3 is 0 Å². The molecule has 2 aromatic heterocycles. The molecule has 8 heteroatoms. The molecule has 0 bridgehead atoms. The first-order valence-electron chi connectivity index (χ1n) is 5.07. The Morgan fingerprint density at radius 1 is 1.56 bits per heavy atom. The van der Waals surface area contributed by atoms with Gasteiger partial charge in [0.2, 0.25) is 5.95 Å². The predicted molar refractivity (Wildman–Crippen MR) is 62.4 cm³/mol. The molecule has 2 heterocycles. The van der Waals surface area contributed by atoms with Crippen LogP contribution in [0.25, 0.3) is 0 Å². The van der Waals surface area contributed by atoms with Gasteiger partial charge < -0.3 is 14.7 Å². The largest absolute Gasteiger partial charge is 0.507 e. The van der Waals surface area contributed by atoms with E-state index in [-0.39, 0.29) is 17.3 Å². The molecule has 0 fully saturated rings. The second-order valence-corrected chi connectivity index (χ2v) is 3.70. The zero-order chi connectivity index (χ0) is 13.3. The number of nitrogens with zero attached hydrogens (tertiary/aromatic N) is 3. The van der Waals surface area contributed by atoms with E-state index in [0.29, 0.717) is 5.69 Å². The summed E-state index contributed by atoms with van der Waals surface area (Å²) in [6, 6.07) is 1.34. The first kappa shape index (κ1) is 11.8. The van der Waals surface area contributed by atoms with E-state index in [4.69, 9.17) is 0 Å². The van der Waals surface area contributed by atoms with Crippen LogP contribution in [0.2, 0.25) is 0 Å². The number of aromatic nitrogens is 4. The predicted octanol–water partition coefficient (Wildman–Crippen LogP) is -0.230. The molecule has 2 aromatic rings. The molecule has 0 spiro atoms. The number of hydrogen-bond donors (Lipinski definition) is 3. The highest BCUT2D eigenvalue weighted by molar-refractivity contribution is 6.04. The monoisotopic (exact) mass is 249 g/mol. The van der Waals surface area contributed by atoms with Crippen molar-refractivity contribution in [3.8, 4) is 5.75 Å². The van der Waals surface area contributed by atoms with Gasteiger partial charge in [-0.3, -0.25) is 14.9 Å². The summed E-state index contributed by atoms with van der Waals surface area (Å²) >= 11 is 0. The summed E-state index contributed by atoms with van der Waals surface area (Å²) in [6.07, 6.45) is 1.28. The van der Waals surface area contributed by atoms with E-state index < -0.39 is 11.5 Å². The number of amides is 1. The Morgan fingerprint density at radius 2 is 2.28 bits per heavy atom. The number of hydrogen-bond acceptors (Lipinski definition) is 5. The zero-order valence-corrected chi connectivity index (χ0v) is 9.76. The molecule has 0 atom stereocenters. The molecule has 0 aliphatic carbocycles. The van der Waals surface area contributed by atoms with Crippen LogP contribution in [0.5, 0.6) is 5.75 Å². The van der Waals surface area contributed by atoms with Gasteiger partial charge in [0.25, 0.3) is 11.5 Å². The molecule has 3 N–H and O–H groups in total. The Bertz CT molecular complexity index is 644. The van der Waals surface area contributed by atoms with E-state index in [1.54, 1.807) is 6.92 Å². The van der Waals surface area contributed by atoms with Crippen LogP contribution in [-0.4, -0.2) is 30.8 Å². The third-order valence-electron chi connectivity index (χ3n) is 2.53. The molecule has 0 aromatic carbocycles. The highest BCUT2D eigenvalue weighted by Gasteiger charge is 2.19. The van der Waals surface area contributed by atoms with Gasteiger partial charge in [-0.2, -0.15) is 0 Å². The Labute approximate surface area is 101 Å². The standard InChI is InChI=1S/C10H11N5O3/c1-5-3-6(16)7(9(18)15(5)2)8(17)13-10-11-4-12-14-10/h3-4,16H,1-2H3,(H2,11,12,13,14,17). The maximum absolute atomic E-state index is 11.9. The molecule has 0 unspecified atom stereocenters. The Morgan fingerprint density at radius 3 is 2.89 bits per heavy atom. The number of carbonyl (C=O) groups excluding carboxylic acids is 1. The van der Waals surface area contributed by atoms with E-state index >= 15 is 0 Å². The third kappa shape index (κ3) is 1.95. The van der Waals surface area contributed by atoms with Crippen LogP contribution in [0.3, 0.4) is 0 Å². The molecule has 1 amide bonds. The Hall–Kier alpha value is -2.64. The van der Waals surface area contributed by atoms with Crippen LogP contribution in [-0.2, 0) is 7.05 Å². The number of H-pyrrole nitrogens is 1. The van der Waals surface area contributed by atoms with E-state index in [9.17, 15) is 14.7 Å². The van der Waals surface area contributed by atoms with Gasteiger partial charge in [-0.25, -0.2) is 0 Å². The van der Waals surface area contributed by atoms with Crippen molar-refractivity contribution in [2.75, 3.05) is 5.32 Å². The average molecular weight is 249 g/mol. The zero-order valence-electron chi connectivity index (χ0n) is 9.76. The molecule has 0 saturated carbocycles. The van der Waals surface area contributed by atoms with Crippen molar-refractivity contribution in [3.05, 3.63) is 34.0 Å². The molecule has 0 radical (unpaired) electrons. The molecular weight excluding hydrogens is 238 g/mol. The second kappa shape index (κ2) is 4.32. The first-order chi connectivity index (χ1) is 8.50. The highest BCUT2D eigenvalue weighted by atomic mass is 16.3. The molecule has 8 nitrogen and oxygen atoms in total. The van der Waals surface area contributed by atoms with Crippen LogP contribution < -0.4 is 10.9 Å². The minimum absolute atomic E-state index is 0.0991. The summed E-state index contributed by atoms with van der Waals surface area (Å²) in [5.74, 6) is -1.01. The molecule has 0 aliphatic rings. The summed E-state index contributed by atoms with van der Waals surface area (Å²) < 4.78 is 1.27. The number of aromatic hydroxyl groups is 1. The molecular formula is C10H11N5O3. The van der Waals surface area contributed by atoms with Crippen LogP contribution in [0.1, 0.15) is 16.1 Å². The highest BCUT2D eigenvalue weighted by Crippen LogP contribution is 2.15. The first-order valence-corrected chi connectivity index (χ1v) is 5.07. The van der Waals surface area contributed by atoms with Gasteiger partial charge in [-0.05, 0) is 6.92 Å². The molecule has 0 aliphatic heterocycles. The van der Waals surface area contributed by atoms with Gasteiger partial charge in [0.05, 0.1) is 0 Å². The van der Waals surface area contributed by atoms with E-state index in [2.05, 4.69) is 20.5 Å². The fourth-order valence-electron chi connectivity index (χ4n) is 1.45. The number of rotatable bonds is 2. The summed E-state index contributed by atoms with van der Waals surface area (Å²) in [6.45, 7) is 1.65. The number of aromatic amines is 1. The third-order valence-corrected chi connectivity index (χ3v) is 2.53. The molecule has 94 valence electrons. The lowest BCUT2D eigenvalue weighted by atomic mass is 10.2. The number of carbonyl (C=O) groups is 1. The fourth-order valence-corrected chi connectivity index (χ4v) is 1.45. The summed E-state index contributed by atoms with van der Waals surface area (Å²) in [7, 11) is 1.52. The van der Waals surface area contributed by atoms with Gasteiger partial charge in [0.15, 0.2) is 0 Å². The van der Waals surface area contributed by atoms with Gasteiger partial charge in [0.1, 0.15) is 17.6 Å². The average Bonchev–Trinajstić information content (AvgIpc) is 2.78. The lowest BCUT2D eigenvalue weighted by molar-refractivity contribution is 0.102. The normalized spacial score (nSPS) is 10.3. The summed E-state index contributed by atoms with van der Waals surface area (Å²) in [4.78, 5) is 26.3. The van der Waals surface area contributed by atoms with Gasteiger partial charge in [0, 0.05) is 18.8 Å². The van der Waals surface area contributed by atoms with Gasteiger partial charge in [-0.1, -0.05) is 0 Å². The van der Waals surface area contributed by atoms with Gasteiger partial charge in [-0.15, -0.1) is 10.2 Å². The molecule has 18 heavy (non-hydrogen) atoms. The minimum Gasteiger partial charge on any atom is -0.507 e. The lowest BCUT2D eigenvalue weighted by Crippen LogP contribution is -2.29. The van der Waals surface area contributed by atoms with Crippen LogP contribution in [0.15, 0.2) is 17.2 Å². The van der Waals surface area contributed by atoms with Crippen molar-refractivity contribution in [2.45, 2.75) is 6.92 Å². The van der Waals surface area contributed by atoms with Crippen LogP contribution in [0, 0.1) is 6.92 Å². The van der Waals surface area contributed by atoms with Crippen LogP contribution >= 0.6 is 0 Å². The number of aryl methyl sites for hydroxylation is 1. The summed E-state index contributed by atoms with van der Waals surface area (Å²) in [5, 5.41) is 19.0. The van der Waals surface area contributed by atoms with E-state index in [1.165, 1.54) is 24.0 Å². The quantitative estimate of drug-likeness (QED) is 0.680. The smallest absolute Gasteiger partial charge is 0.267 e. The molecule has 0 saturated heterocycles. The van der Waals surface area contributed by atoms with Crippen molar-refractivity contribution in [2.24, 2.45) is 7.05 Å². The molecule has 2 rings (SSSR count). The fraction of sp³-hybridized carbons (Fsp3) is 0.200. The topological polar surface area (TPSA) is 113 Å². The second-order valence-electron chi connectivity index (χ2n) is 3.70. The lowest BCUT2D eigenvalue weighted by Gasteiger charge is -2.08. The maximum Gasteiger partial charge on any atom is 0.267 e. The van der Waals surface area contributed by atoms with Crippen molar-refractivity contribution in [1.29, 1.82) is 0 Å². The Kier molecular flexibility index (Phi) is 2.84. The number of anilines is 1. The summed E-state index contributed by atoms with van der Waals surface area (Å²) in [5.41, 5.74) is -0.363. The Balaban J connectivity index is 2.43. The number of pyridine rings is 1. The minimum atomic E-state index is -0.746. The van der Waals surface area contributed by atoms with Crippen molar-refractivity contribution < 1.29 is 9.90 Å². The van der Waals surface area contributed by atoms with Crippen molar-refractivity contribution >= 4 is 11.9 Å². The van der Waals surface area contributed by atoms with Crippen molar-refractivity contribution in [3.63, 3.8) is 0 Å². The van der Waals surface area contributed by atoms with E-state index in [0.717, 1.165) is 0 Å². The van der Waals surface area contributed by atoms with E-state index in [1.807, 2.05) is 0 Å². The van der Waals surface area contributed by atoms with Crippen molar-refractivity contribution in [1.82, 2.24) is 19.7 Å².